The molecule has 6 heteroatoms. The van der Waals surface area contributed by atoms with E-state index >= 15 is 0 Å². The number of nitrogens with zero attached hydrogens (tertiary/aromatic N) is 4. The molecule has 1 aliphatic heterocycles. The number of para-hydroxylation sites is 1. The second-order valence-electron chi connectivity index (χ2n) is 5.95. The summed E-state index contributed by atoms with van der Waals surface area (Å²) in [7, 11) is 0. The first kappa shape index (κ1) is 14.8. The Hall–Kier alpha value is -2.73. The molecule has 2 aromatic heterocycles. The first-order chi connectivity index (χ1) is 11.8. The summed E-state index contributed by atoms with van der Waals surface area (Å²) >= 11 is 0. The molecule has 1 amide bonds. The molecule has 0 radical (unpaired) electrons. The number of pyridine rings is 1. The number of carbonyl (C=O) groups is 1. The zero-order valence-electron chi connectivity index (χ0n) is 13.3. The van der Waals surface area contributed by atoms with Crippen molar-refractivity contribution in [3.63, 3.8) is 0 Å². The van der Waals surface area contributed by atoms with E-state index in [2.05, 4.69) is 15.4 Å². The molecule has 6 nitrogen and oxygen atoms in total. The van der Waals surface area contributed by atoms with Gasteiger partial charge < -0.3 is 10.2 Å². The van der Waals surface area contributed by atoms with Gasteiger partial charge in [0.1, 0.15) is 6.54 Å². The first-order valence-corrected chi connectivity index (χ1v) is 8.13. The first-order valence-electron chi connectivity index (χ1n) is 8.13. The highest BCUT2D eigenvalue weighted by Crippen LogP contribution is 2.22. The molecule has 1 atom stereocenters. The molecular weight excluding hydrogens is 302 g/mol. The monoisotopic (exact) mass is 321 g/mol. The van der Waals surface area contributed by atoms with Crippen LogP contribution >= 0.6 is 0 Å². The predicted octanol–water partition coefficient (Wildman–Crippen LogP) is 1.60. The molecule has 0 saturated carbocycles. The standard InChI is InChI=1S/C18H19N5O/c24-18(13-23-16-6-2-1-4-15(16)11-21-23)22-9-8-20-12-17(22)14-5-3-7-19-10-14/h1-7,10-11,17,20H,8-9,12-13H2. The van der Waals surface area contributed by atoms with Crippen LogP contribution in [0.4, 0.5) is 0 Å². The van der Waals surface area contributed by atoms with E-state index in [0.29, 0.717) is 6.54 Å². The molecule has 1 unspecified atom stereocenters. The minimum Gasteiger partial charge on any atom is -0.331 e. The largest absolute Gasteiger partial charge is 0.331 e. The highest BCUT2D eigenvalue weighted by molar-refractivity contribution is 5.82. The van der Waals surface area contributed by atoms with Crippen LogP contribution in [0.1, 0.15) is 11.6 Å². The Labute approximate surface area is 140 Å². The van der Waals surface area contributed by atoms with Gasteiger partial charge in [-0.15, -0.1) is 0 Å². The molecule has 1 N–H and O–H groups in total. The molecule has 24 heavy (non-hydrogen) atoms. The molecule has 3 heterocycles. The predicted molar refractivity (Wildman–Crippen MR) is 91.3 cm³/mol. The minimum atomic E-state index is 0.0155. The SMILES string of the molecule is O=C(Cn1ncc2ccccc21)N1CCNCC1c1cccnc1. The Bertz CT molecular complexity index is 845. The second kappa shape index (κ2) is 6.41. The molecule has 0 bridgehead atoms. The van der Waals surface area contributed by atoms with E-state index < -0.39 is 0 Å². The summed E-state index contributed by atoms with van der Waals surface area (Å²) in [6.45, 7) is 2.50. The molecule has 3 aromatic rings. The number of carbonyl (C=O) groups excluding carboxylic acids is 1. The molecule has 0 spiro atoms. The van der Waals surface area contributed by atoms with E-state index in [1.807, 2.05) is 47.5 Å². The summed E-state index contributed by atoms with van der Waals surface area (Å²) in [5.74, 6) is 0.0826. The van der Waals surface area contributed by atoms with Crippen LogP contribution < -0.4 is 5.32 Å². The third kappa shape index (κ3) is 2.76. The van der Waals surface area contributed by atoms with Gasteiger partial charge in [-0.2, -0.15) is 5.10 Å². The van der Waals surface area contributed by atoms with Crippen LogP contribution in [0.5, 0.6) is 0 Å². The van der Waals surface area contributed by atoms with Gasteiger partial charge in [-0.05, 0) is 17.7 Å². The summed E-state index contributed by atoms with van der Waals surface area (Å²) in [4.78, 5) is 19.0. The lowest BCUT2D eigenvalue weighted by Gasteiger charge is -2.36. The molecule has 1 fully saturated rings. The minimum absolute atomic E-state index is 0.0155. The number of piperazine rings is 1. The van der Waals surface area contributed by atoms with Crippen LogP contribution in [0.3, 0.4) is 0 Å². The molecule has 1 aromatic carbocycles. The maximum Gasteiger partial charge on any atom is 0.244 e. The number of nitrogens with one attached hydrogen (secondary N) is 1. The zero-order valence-corrected chi connectivity index (χ0v) is 13.3. The van der Waals surface area contributed by atoms with Gasteiger partial charge in [0.15, 0.2) is 0 Å². The highest BCUT2D eigenvalue weighted by atomic mass is 16.2. The fourth-order valence-electron chi connectivity index (χ4n) is 3.24. The van der Waals surface area contributed by atoms with Crippen molar-refractivity contribution in [2.45, 2.75) is 12.6 Å². The van der Waals surface area contributed by atoms with Gasteiger partial charge in [-0.1, -0.05) is 24.3 Å². The molecule has 0 aliphatic carbocycles. The van der Waals surface area contributed by atoms with E-state index in [0.717, 1.165) is 29.6 Å². The molecule has 4 rings (SSSR count). The van der Waals surface area contributed by atoms with Crippen molar-refractivity contribution in [3.05, 3.63) is 60.6 Å². The molecule has 1 saturated heterocycles. The van der Waals surface area contributed by atoms with Gasteiger partial charge in [0.2, 0.25) is 5.91 Å². The summed E-state index contributed by atoms with van der Waals surface area (Å²) in [5, 5.41) is 8.78. The number of rotatable bonds is 3. The summed E-state index contributed by atoms with van der Waals surface area (Å²) < 4.78 is 1.78. The summed E-state index contributed by atoms with van der Waals surface area (Å²) in [6, 6.07) is 11.9. The third-order valence-electron chi connectivity index (χ3n) is 4.47. The van der Waals surface area contributed by atoms with Gasteiger partial charge in [0.25, 0.3) is 0 Å². The Morgan fingerprint density at radius 1 is 1.21 bits per heavy atom. The quantitative estimate of drug-likeness (QED) is 0.796. The van der Waals surface area contributed by atoms with E-state index in [1.165, 1.54) is 0 Å². The number of hydrogen-bond acceptors (Lipinski definition) is 4. The lowest BCUT2D eigenvalue weighted by atomic mass is 10.1. The van der Waals surface area contributed by atoms with E-state index in [-0.39, 0.29) is 18.5 Å². The van der Waals surface area contributed by atoms with Crippen molar-refractivity contribution in [3.8, 4) is 0 Å². The Morgan fingerprint density at radius 3 is 3.00 bits per heavy atom. The Morgan fingerprint density at radius 2 is 2.12 bits per heavy atom. The number of aromatic nitrogens is 3. The van der Waals surface area contributed by atoms with Crippen molar-refractivity contribution >= 4 is 16.8 Å². The van der Waals surface area contributed by atoms with Gasteiger partial charge >= 0.3 is 0 Å². The zero-order chi connectivity index (χ0) is 16.4. The average molecular weight is 321 g/mol. The summed E-state index contributed by atoms with van der Waals surface area (Å²) in [6.07, 6.45) is 5.39. The molecule has 122 valence electrons. The maximum absolute atomic E-state index is 12.9. The molecular formula is C18H19N5O. The lowest BCUT2D eigenvalue weighted by molar-refractivity contribution is -0.135. The van der Waals surface area contributed by atoms with Crippen LogP contribution in [-0.2, 0) is 11.3 Å². The second-order valence-corrected chi connectivity index (χ2v) is 5.95. The van der Waals surface area contributed by atoms with Crippen molar-refractivity contribution in [2.75, 3.05) is 19.6 Å². The topological polar surface area (TPSA) is 63.1 Å². The van der Waals surface area contributed by atoms with Crippen LogP contribution in [0.2, 0.25) is 0 Å². The van der Waals surface area contributed by atoms with E-state index in [1.54, 1.807) is 17.1 Å². The van der Waals surface area contributed by atoms with Crippen molar-refractivity contribution in [1.82, 2.24) is 25.0 Å². The van der Waals surface area contributed by atoms with Crippen molar-refractivity contribution in [2.24, 2.45) is 0 Å². The maximum atomic E-state index is 12.9. The fraction of sp³-hybridized carbons (Fsp3) is 0.278. The van der Waals surface area contributed by atoms with E-state index in [4.69, 9.17) is 0 Å². The van der Waals surface area contributed by atoms with Gasteiger partial charge in [-0.3, -0.25) is 14.5 Å². The van der Waals surface area contributed by atoms with Crippen LogP contribution in [-0.4, -0.2) is 45.2 Å². The fourth-order valence-corrected chi connectivity index (χ4v) is 3.24. The number of fused-ring (bicyclic) bond motifs is 1. The smallest absolute Gasteiger partial charge is 0.244 e. The lowest BCUT2D eigenvalue weighted by Crippen LogP contribution is -2.49. The van der Waals surface area contributed by atoms with Gasteiger partial charge in [-0.25, -0.2) is 0 Å². The number of benzene rings is 1. The number of hydrogen-bond donors (Lipinski definition) is 1. The normalized spacial score (nSPS) is 18.0. The highest BCUT2D eigenvalue weighted by Gasteiger charge is 2.28. The van der Waals surface area contributed by atoms with Crippen LogP contribution in [0.25, 0.3) is 10.9 Å². The molecule has 1 aliphatic rings. The van der Waals surface area contributed by atoms with Crippen molar-refractivity contribution < 1.29 is 4.79 Å². The van der Waals surface area contributed by atoms with Gasteiger partial charge in [0.05, 0.1) is 17.8 Å². The average Bonchev–Trinajstić information content (AvgIpc) is 3.05. The Kier molecular flexibility index (Phi) is 3.96. The summed E-state index contributed by atoms with van der Waals surface area (Å²) in [5.41, 5.74) is 2.04. The third-order valence-corrected chi connectivity index (χ3v) is 4.47. The van der Waals surface area contributed by atoms with Crippen LogP contribution in [0.15, 0.2) is 55.0 Å². The van der Waals surface area contributed by atoms with Crippen molar-refractivity contribution in [1.29, 1.82) is 0 Å². The number of amides is 1. The van der Waals surface area contributed by atoms with Gasteiger partial charge in [0, 0.05) is 37.4 Å². The Balaban J connectivity index is 1.58. The van der Waals surface area contributed by atoms with Crippen LogP contribution in [0, 0.1) is 0 Å². The van der Waals surface area contributed by atoms with E-state index in [9.17, 15) is 4.79 Å².